The maximum atomic E-state index is 13.5. The molecule has 2 aromatic rings. The molecule has 0 spiro atoms. The highest BCUT2D eigenvalue weighted by Crippen LogP contribution is 2.40. The first-order valence-corrected chi connectivity index (χ1v) is 14.1. The predicted molar refractivity (Wildman–Crippen MR) is 158 cm³/mol. The first kappa shape index (κ1) is 31.5. The van der Waals surface area contributed by atoms with Crippen LogP contribution in [0.5, 0.6) is 5.75 Å². The van der Waals surface area contributed by atoms with Crippen LogP contribution in [0.4, 0.5) is 4.79 Å². The second-order valence-corrected chi connectivity index (χ2v) is 11.3. The number of epoxide rings is 1. The van der Waals surface area contributed by atoms with Crippen LogP contribution in [0.15, 0.2) is 53.7 Å². The van der Waals surface area contributed by atoms with E-state index >= 15 is 0 Å². The minimum Gasteiger partial charge on any atom is -0.502 e. The molecule has 4 N–H and O–H groups in total. The van der Waals surface area contributed by atoms with E-state index in [0.29, 0.717) is 23.4 Å². The van der Waals surface area contributed by atoms with Crippen LogP contribution in [-0.2, 0) is 28.6 Å². The van der Waals surface area contributed by atoms with Gasteiger partial charge in [-0.05, 0) is 42.3 Å². The molecule has 238 valence electrons. The molecule has 4 amide bonds. The Labute approximate surface area is 258 Å². The Bertz CT molecular complexity index is 1660. The minimum absolute atomic E-state index is 0.0607. The lowest BCUT2D eigenvalue weighted by Gasteiger charge is -2.22. The predicted octanol–water partition coefficient (Wildman–Crippen LogP) is 1.15. The number of aliphatic hydroxyl groups is 1. The van der Waals surface area contributed by atoms with Gasteiger partial charge in [0.05, 0.1) is 38.5 Å². The summed E-state index contributed by atoms with van der Waals surface area (Å²) in [6, 6.07) is 7.40. The van der Waals surface area contributed by atoms with Crippen LogP contribution in [-0.4, -0.2) is 90.8 Å². The molecule has 0 radical (unpaired) electrons. The fourth-order valence-corrected chi connectivity index (χ4v) is 5.27. The van der Waals surface area contributed by atoms with Gasteiger partial charge in [0.1, 0.15) is 29.0 Å². The van der Waals surface area contributed by atoms with Gasteiger partial charge in [-0.2, -0.15) is 0 Å². The molecule has 3 heterocycles. The normalized spacial score (nSPS) is 23.3. The first-order chi connectivity index (χ1) is 21.4. The fraction of sp³-hybridized carbons (Fsp3) is 0.387. The number of Topliss-reactive ketones (excluding diaryl/α,β-unsaturated/α-hetero) is 1. The average molecular weight is 623 g/mol. The monoisotopic (exact) mass is 622 g/mol. The first-order valence-electron chi connectivity index (χ1n) is 14.1. The highest BCUT2D eigenvalue weighted by molar-refractivity contribution is 6.08. The molecule has 0 bridgehead atoms. The topological polar surface area (TPSA) is 185 Å². The summed E-state index contributed by atoms with van der Waals surface area (Å²) >= 11 is 0. The molecule has 3 saturated heterocycles. The number of urea groups is 1. The molecule has 14 nitrogen and oxygen atoms in total. The van der Waals surface area contributed by atoms with Crippen LogP contribution in [0.3, 0.4) is 0 Å². The lowest BCUT2D eigenvalue weighted by Crippen LogP contribution is -2.51. The zero-order valence-electron chi connectivity index (χ0n) is 25.4. The fourth-order valence-electron chi connectivity index (χ4n) is 5.27. The third kappa shape index (κ3) is 6.47. The summed E-state index contributed by atoms with van der Waals surface area (Å²) in [4.78, 5) is 67.0. The highest BCUT2D eigenvalue weighted by atomic mass is 16.6. The van der Waals surface area contributed by atoms with Gasteiger partial charge in [0.25, 0.3) is 11.8 Å². The van der Waals surface area contributed by atoms with Crippen molar-refractivity contribution in [2.75, 3.05) is 27.4 Å². The lowest BCUT2D eigenvalue weighted by atomic mass is 10.00. The molecule has 3 aliphatic rings. The summed E-state index contributed by atoms with van der Waals surface area (Å²) in [6.45, 7) is 5.21. The van der Waals surface area contributed by atoms with Gasteiger partial charge in [-0.1, -0.05) is 18.2 Å². The van der Waals surface area contributed by atoms with E-state index in [-0.39, 0.29) is 36.0 Å². The van der Waals surface area contributed by atoms with E-state index in [1.54, 1.807) is 30.0 Å². The smallest absolute Gasteiger partial charge is 0.339 e. The van der Waals surface area contributed by atoms with Gasteiger partial charge < -0.3 is 39.6 Å². The Balaban J connectivity index is 1.36. The number of ether oxygens (including phenoxy) is 4. The third-order valence-electron chi connectivity index (χ3n) is 7.96. The van der Waals surface area contributed by atoms with Gasteiger partial charge >= 0.3 is 12.0 Å². The van der Waals surface area contributed by atoms with Crippen molar-refractivity contribution in [3.63, 3.8) is 0 Å². The van der Waals surface area contributed by atoms with Crippen molar-refractivity contribution in [3.05, 3.63) is 64.8 Å². The standard InChI is InChI=1S/C31H34N4O10/c1-15-7-6-8-18-19(15)9-17(43-5)10-20(18)29(40)45-26(31(3)14-44-31)28(39)34-30(41)33-25(22-11-24(37)23-12-35(22)23)27(38)32-21(13-42-4)16(2)36/h6-10,13,23-24,26,37H,11-12,14H2,1-5H3,(H,32,38)(H2,33,34,39,41)/b21-13+,25-22-/t23-,24-,26+,31-,35?/m0/s1. The zero-order chi connectivity index (χ0) is 32.6. The number of piperidine rings is 1. The van der Waals surface area contributed by atoms with Crippen molar-refractivity contribution in [2.45, 2.75) is 51.0 Å². The molecule has 5 rings (SSSR count). The molecule has 3 aliphatic heterocycles. The Morgan fingerprint density at radius 3 is 2.42 bits per heavy atom. The molecule has 0 aliphatic carbocycles. The number of allylic oxidation sites excluding steroid dienone is 1. The van der Waals surface area contributed by atoms with Crippen LogP contribution >= 0.6 is 0 Å². The molecule has 0 unspecified atom stereocenters. The van der Waals surface area contributed by atoms with E-state index in [1.165, 1.54) is 27.2 Å². The van der Waals surface area contributed by atoms with Gasteiger partial charge in [0, 0.05) is 25.6 Å². The van der Waals surface area contributed by atoms with Crippen molar-refractivity contribution in [3.8, 4) is 5.75 Å². The summed E-state index contributed by atoms with van der Waals surface area (Å²) in [5, 5.41) is 18.5. The number of hydrogen-bond donors (Lipinski definition) is 4. The number of fused-ring (bicyclic) bond motifs is 2. The number of hydrogen-bond acceptors (Lipinski definition) is 11. The van der Waals surface area contributed by atoms with Crippen molar-refractivity contribution >= 4 is 40.4 Å². The number of imide groups is 1. The number of carbonyl (C=O) groups is 5. The molecule has 0 saturated carbocycles. The van der Waals surface area contributed by atoms with Crippen molar-refractivity contribution in [2.24, 2.45) is 0 Å². The SMILES string of the molecule is CO/C=C(/NC(=O)/C(NC(=O)NC(=O)[C@@H](OC(=O)c1cc(OC)cc2c(C)cccc12)[C@]1(C)CO1)=C1\C[C@H](O)[C@@H]2CN12)C(C)=O. The molecular formula is C31H34N4O10. The number of ketones is 1. The lowest BCUT2D eigenvalue weighted by molar-refractivity contribution is -0.132. The molecule has 4 atom stereocenters. The van der Waals surface area contributed by atoms with E-state index in [4.69, 9.17) is 18.9 Å². The van der Waals surface area contributed by atoms with Crippen LogP contribution in [0.1, 0.15) is 36.2 Å². The Kier molecular flexibility index (Phi) is 8.54. The molecule has 3 fully saturated rings. The number of rotatable bonds is 10. The molecular weight excluding hydrogens is 588 g/mol. The molecule has 45 heavy (non-hydrogen) atoms. The summed E-state index contributed by atoms with van der Waals surface area (Å²) in [7, 11) is 2.76. The van der Waals surface area contributed by atoms with Crippen molar-refractivity contribution in [1.29, 1.82) is 0 Å². The van der Waals surface area contributed by atoms with E-state index < -0.39 is 47.4 Å². The quantitative estimate of drug-likeness (QED) is 0.129. The molecule has 14 heteroatoms. The summed E-state index contributed by atoms with van der Waals surface area (Å²) in [6.07, 6.45) is -1.20. The van der Waals surface area contributed by atoms with Gasteiger partial charge in [0.15, 0.2) is 5.78 Å². The van der Waals surface area contributed by atoms with E-state index in [9.17, 15) is 29.1 Å². The summed E-state index contributed by atoms with van der Waals surface area (Å²) in [5.74, 6) is -2.79. The minimum atomic E-state index is -1.54. The molecule has 0 aromatic heterocycles. The zero-order valence-corrected chi connectivity index (χ0v) is 25.4. The second-order valence-electron chi connectivity index (χ2n) is 11.3. The number of aryl methyl sites for hydroxylation is 1. The van der Waals surface area contributed by atoms with Gasteiger partial charge in [-0.3, -0.25) is 19.7 Å². The van der Waals surface area contributed by atoms with Gasteiger partial charge in [0.2, 0.25) is 6.10 Å². The maximum absolute atomic E-state index is 13.5. The number of nitrogens with zero attached hydrogens (tertiary/aromatic N) is 1. The number of nitrogens with one attached hydrogen (secondary N) is 3. The largest absolute Gasteiger partial charge is 0.502 e. The number of esters is 1. The summed E-state index contributed by atoms with van der Waals surface area (Å²) < 4.78 is 21.3. The van der Waals surface area contributed by atoms with Crippen LogP contribution in [0, 0.1) is 6.92 Å². The Morgan fingerprint density at radius 2 is 1.84 bits per heavy atom. The van der Waals surface area contributed by atoms with E-state index in [0.717, 1.165) is 17.2 Å². The van der Waals surface area contributed by atoms with E-state index in [1.807, 2.05) is 13.0 Å². The van der Waals surface area contributed by atoms with Crippen LogP contribution in [0.2, 0.25) is 0 Å². The van der Waals surface area contributed by atoms with Crippen LogP contribution in [0.25, 0.3) is 10.8 Å². The summed E-state index contributed by atoms with van der Waals surface area (Å²) in [5.41, 5.74) is -0.272. The number of amides is 4. The number of benzene rings is 2. The van der Waals surface area contributed by atoms with Gasteiger partial charge in [-0.25, -0.2) is 9.59 Å². The van der Waals surface area contributed by atoms with Gasteiger partial charge in [-0.15, -0.1) is 0 Å². The van der Waals surface area contributed by atoms with Crippen molar-refractivity contribution in [1.82, 2.24) is 20.9 Å². The number of methoxy groups -OCH3 is 2. The number of carbonyl (C=O) groups excluding carboxylic acids is 5. The average Bonchev–Trinajstić information content (AvgIpc) is 3.92. The maximum Gasteiger partial charge on any atom is 0.339 e. The molecule has 2 aromatic carbocycles. The Hall–Kier alpha value is -4.95. The Morgan fingerprint density at radius 1 is 1.11 bits per heavy atom. The second kappa shape index (κ2) is 12.2. The van der Waals surface area contributed by atoms with Crippen molar-refractivity contribution < 1.29 is 48.0 Å². The van der Waals surface area contributed by atoms with Crippen LogP contribution < -0.4 is 20.7 Å². The highest BCUT2D eigenvalue weighted by Gasteiger charge is 2.54. The van der Waals surface area contributed by atoms with E-state index in [2.05, 4.69) is 16.0 Å². The number of aliphatic hydroxyl groups excluding tert-OH is 1. The third-order valence-corrected chi connectivity index (χ3v) is 7.96.